The molecule has 2 amide bonds. The van der Waals surface area contributed by atoms with Gasteiger partial charge in [0.15, 0.2) is 5.78 Å². The number of pyridine rings is 1. The molecule has 0 unspecified atom stereocenters. The number of fused-ring (bicyclic) bond motifs is 5. The van der Waals surface area contributed by atoms with Crippen molar-refractivity contribution in [3.63, 3.8) is 0 Å². The predicted molar refractivity (Wildman–Crippen MR) is 211 cm³/mol. The number of hydrogen-bond acceptors (Lipinski definition) is 10. The van der Waals surface area contributed by atoms with Gasteiger partial charge in [-0.3, -0.25) is 23.9 Å². The van der Waals surface area contributed by atoms with Crippen molar-refractivity contribution in [2.45, 2.75) is 127 Å². The summed E-state index contributed by atoms with van der Waals surface area (Å²) < 4.78 is 99.6. The molecule has 0 bridgehead atoms. The maximum Gasteiger partial charge on any atom is 0.427 e. The Bertz CT molecular complexity index is 2170. The summed E-state index contributed by atoms with van der Waals surface area (Å²) in [6, 6.07) is 6.26. The van der Waals surface area contributed by atoms with Crippen LogP contribution in [0.15, 0.2) is 36.4 Å². The predicted octanol–water partition coefficient (Wildman–Crippen LogP) is 6.72. The van der Waals surface area contributed by atoms with Crippen molar-refractivity contribution < 1.29 is 59.4 Å². The second-order valence-electron chi connectivity index (χ2n) is 18.2. The molecule has 1 saturated heterocycles. The number of aryl methyl sites for hydroxylation is 1. The van der Waals surface area contributed by atoms with Crippen LogP contribution in [0, 0.1) is 29.1 Å². The van der Waals surface area contributed by atoms with Crippen LogP contribution in [-0.4, -0.2) is 90.4 Å². The number of carbonyl (C=O) groups excluding carboxylic acids is 4. The highest BCUT2D eigenvalue weighted by Gasteiger charge is 2.63. The summed E-state index contributed by atoms with van der Waals surface area (Å²) in [4.78, 5) is 62.9. The standard InChI is InChI=1S/C43H53F4N3O9S/c1-25-10-5-6-11-27-21-42(27,39(54)49-60(55,56)41(24-44)15-16-41)22-34(51)33-19-28(58-37-31-13-8-7-12-29(31)30-14-9-17-57-36(30)48-37)23-50(33)38(53)32(26(2)18-25)20-35(52)59-40(3,4)43(45,46)47/h6-8,11-13,25-28,32-33H,5,9-10,14-24H2,1-4H3,(H,49,54)/b11-6-/t25-,26+,27+,28+,32-,33-,42+/m0/s1. The van der Waals surface area contributed by atoms with Gasteiger partial charge >= 0.3 is 12.1 Å². The number of hydrogen-bond donors (Lipinski definition) is 1. The van der Waals surface area contributed by atoms with Gasteiger partial charge in [0.25, 0.3) is 0 Å². The fraction of sp³-hybridized carbons (Fsp3) is 0.651. The largest absolute Gasteiger partial charge is 0.477 e. The van der Waals surface area contributed by atoms with E-state index in [4.69, 9.17) is 19.2 Å². The van der Waals surface area contributed by atoms with Crippen molar-refractivity contribution in [2.24, 2.45) is 29.1 Å². The maximum absolute atomic E-state index is 14.9. The van der Waals surface area contributed by atoms with Gasteiger partial charge in [0, 0.05) is 23.8 Å². The zero-order valence-corrected chi connectivity index (χ0v) is 35.1. The second kappa shape index (κ2) is 16.2. The zero-order valence-electron chi connectivity index (χ0n) is 34.3. The highest BCUT2D eigenvalue weighted by molar-refractivity contribution is 7.91. The van der Waals surface area contributed by atoms with E-state index in [9.17, 15) is 45.2 Å². The van der Waals surface area contributed by atoms with Crippen LogP contribution in [0.25, 0.3) is 10.8 Å². The van der Waals surface area contributed by atoms with Crippen molar-refractivity contribution in [1.29, 1.82) is 0 Å². The van der Waals surface area contributed by atoms with E-state index in [0.717, 1.165) is 37.6 Å². The molecule has 5 aliphatic rings. The number of nitrogens with one attached hydrogen (secondary N) is 1. The summed E-state index contributed by atoms with van der Waals surface area (Å²) >= 11 is 0. The lowest BCUT2D eigenvalue weighted by molar-refractivity contribution is -0.257. The van der Waals surface area contributed by atoms with Crippen molar-refractivity contribution in [1.82, 2.24) is 14.6 Å². The van der Waals surface area contributed by atoms with Crippen LogP contribution in [0.2, 0.25) is 0 Å². The quantitative estimate of drug-likeness (QED) is 0.163. The van der Waals surface area contributed by atoms with Crippen molar-refractivity contribution in [3.8, 4) is 11.8 Å². The molecule has 4 heterocycles. The molecule has 3 fully saturated rings. The Morgan fingerprint density at radius 3 is 2.48 bits per heavy atom. The average Bonchev–Trinajstić information content (AvgIpc) is 4.09. The topological polar surface area (TPSA) is 158 Å². The summed E-state index contributed by atoms with van der Waals surface area (Å²) in [5, 5.41) is 1.56. The molecule has 1 N–H and O–H groups in total. The minimum Gasteiger partial charge on any atom is -0.477 e. The third-order valence-corrected chi connectivity index (χ3v) is 15.4. The van der Waals surface area contributed by atoms with Crippen LogP contribution < -0.4 is 14.2 Å². The number of aromatic nitrogens is 1. The fourth-order valence-electron chi connectivity index (χ4n) is 9.10. The second-order valence-corrected chi connectivity index (χ2v) is 20.2. The fourth-order valence-corrected chi connectivity index (χ4v) is 10.5. The molecule has 1 aromatic heterocycles. The molecule has 2 saturated carbocycles. The van der Waals surface area contributed by atoms with Crippen molar-refractivity contribution >= 4 is 44.4 Å². The number of Topliss-reactive ketones (excluding diaryl/α,β-unsaturated/α-hetero) is 1. The first-order valence-corrected chi connectivity index (χ1v) is 22.3. The highest BCUT2D eigenvalue weighted by atomic mass is 32.2. The van der Waals surface area contributed by atoms with E-state index >= 15 is 0 Å². The molecule has 0 spiro atoms. The molecule has 0 radical (unpaired) electrons. The first kappa shape index (κ1) is 43.8. The number of alkyl halides is 4. The summed E-state index contributed by atoms with van der Waals surface area (Å²) in [6.45, 7) is 4.30. The number of halogens is 4. The van der Waals surface area contributed by atoms with Gasteiger partial charge in [0.1, 0.15) is 17.5 Å². The average molecular weight is 864 g/mol. The number of esters is 1. The van der Waals surface area contributed by atoms with E-state index in [0.29, 0.717) is 37.1 Å². The Balaban J connectivity index is 1.24. The van der Waals surface area contributed by atoms with E-state index in [1.54, 1.807) is 13.0 Å². The number of ketones is 1. The highest BCUT2D eigenvalue weighted by Crippen LogP contribution is 2.58. The molecule has 17 heteroatoms. The van der Waals surface area contributed by atoms with Gasteiger partial charge in [-0.1, -0.05) is 44.2 Å². The number of benzene rings is 1. The van der Waals surface area contributed by atoms with Gasteiger partial charge in [-0.05, 0) is 94.4 Å². The zero-order chi connectivity index (χ0) is 43.4. The molecule has 7 atom stereocenters. The third-order valence-electron chi connectivity index (χ3n) is 13.3. The first-order chi connectivity index (χ1) is 28.2. The molecular formula is C43H53F4N3O9S. The van der Waals surface area contributed by atoms with Crippen molar-refractivity contribution in [3.05, 3.63) is 42.0 Å². The summed E-state index contributed by atoms with van der Waals surface area (Å²) in [6.07, 6.45) is 0.124. The van der Waals surface area contributed by atoms with Gasteiger partial charge < -0.3 is 19.1 Å². The van der Waals surface area contributed by atoms with Gasteiger partial charge in [0.2, 0.25) is 39.2 Å². The number of nitrogens with zero attached hydrogens (tertiary/aromatic N) is 2. The van der Waals surface area contributed by atoms with Gasteiger partial charge in [0.05, 0.1) is 36.9 Å². The first-order valence-electron chi connectivity index (χ1n) is 20.8. The Kier molecular flexibility index (Phi) is 11.8. The van der Waals surface area contributed by atoms with Crippen molar-refractivity contribution in [2.75, 3.05) is 19.8 Å². The minimum atomic E-state index is -4.88. The Morgan fingerprint density at radius 1 is 1.08 bits per heavy atom. The Labute approximate surface area is 347 Å². The number of sulfonamides is 1. The lowest BCUT2D eigenvalue weighted by Crippen LogP contribution is -2.49. The minimum absolute atomic E-state index is 0.0155. The molecular weight excluding hydrogens is 811 g/mol. The number of carbonyl (C=O) groups is 4. The van der Waals surface area contributed by atoms with Crippen LogP contribution in [-0.2, 0) is 40.4 Å². The number of ether oxygens (including phenoxy) is 3. The lowest BCUT2D eigenvalue weighted by atomic mass is 9.82. The Hall–Kier alpha value is -4.28. The number of amides is 2. The normalized spacial score (nSPS) is 30.1. The number of allylic oxidation sites excluding steroid dienone is 2. The number of rotatable bonds is 9. The smallest absolute Gasteiger partial charge is 0.427 e. The molecule has 2 aromatic rings. The van der Waals surface area contributed by atoms with E-state index in [1.807, 2.05) is 37.3 Å². The summed E-state index contributed by atoms with van der Waals surface area (Å²) in [7, 11) is -4.42. The lowest BCUT2D eigenvalue weighted by Gasteiger charge is -2.33. The monoisotopic (exact) mass is 863 g/mol. The van der Waals surface area contributed by atoms with Crippen LogP contribution in [0.1, 0.15) is 97.5 Å². The van der Waals surface area contributed by atoms with E-state index in [-0.39, 0.29) is 44.0 Å². The van der Waals surface area contributed by atoms with E-state index in [2.05, 4.69) is 4.72 Å². The van der Waals surface area contributed by atoms with Crippen LogP contribution in [0.5, 0.6) is 11.8 Å². The summed E-state index contributed by atoms with van der Waals surface area (Å²) in [5.41, 5.74) is -3.40. The molecule has 12 nitrogen and oxygen atoms in total. The van der Waals surface area contributed by atoms with Gasteiger partial charge in [-0.25, -0.2) is 12.8 Å². The van der Waals surface area contributed by atoms with Crippen LogP contribution >= 0.6 is 0 Å². The molecule has 60 heavy (non-hydrogen) atoms. The third kappa shape index (κ3) is 8.48. The van der Waals surface area contributed by atoms with Crippen LogP contribution in [0.3, 0.4) is 0 Å². The Morgan fingerprint density at radius 2 is 1.80 bits per heavy atom. The SMILES string of the molecule is C[C@H]1CC/C=C\[C@@H]2C[C@@]2(C(=O)NS(=O)(=O)C2(CF)CC2)CC(=O)[C@@H]2C[C@@H](Oc3nc4c(c5ccccc35)CCCO4)CN2C(=O)[C@@H](CC(=O)OC(C)(C)C(F)(F)F)[C@H](C)C1. The molecule has 2 aliphatic carbocycles. The molecule has 1 aromatic carbocycles. The van der Waals surface area contributed by atoms with E-state index in [1.165, 1.54) is 4.90 Å². The van der Waals surface area contributed by atoms with Gasteiger partial charge in [-0.2, -0.15) is 18.2 Å². The molecule has 328 valence electrons. The maximum atomic E-state index is 14.9. The van der Waals surface area contributed by atoms with Crippen LogP contribution in [0.4, 0.5) is 17.6 Å². The van der Waals surface area contributed by atoms with E-state index < -0.39 is 105 Å². The summed E-state index contributed by atoms with van der Waals surface area (Å²) in [5.74, 6) is -5.00. The van der Waals surface area contributed by atoms with Gasteiger partial charge in [-0.15, -0.1) is 0 Å². The molecule has 3 aliphatic heterocycles. The molecule has 7 rings (SSSR count).